The minimum atomic E-state index is 0.670. The Labute approximate surface area is 115 Å². The van der Waals surface area contributed by atoms with Gasteiger partial charge >= 0.3 is 0 Å². The second kappa shape index (κ2) is 7.40. The van der Waals surface area contributed by atoms with Crippen LogP contribution in [-0.2, 0) is 11.3 Å². The minimum absolute atomic E-state index is 0.670. The highest BCUT2D eigenvalue weighted by atomic mass is 16.5. The summed E-state index contributed by atoms with van der Waals surface area (Å²) in [5, 5.41) is 3.24. The van der Waals surface area contributed by atoms with Crippen molar-refractivity contribution in [3.63, 3.8) is 0 Å². The number of anilines is 1. The Hall–Kier alpha value is -1.20. The third-order valence-corrected chi connectivity index (χ3v) is 3.42. The molecule has 1 atom stereocenters. The number of hydrogen-bond acceptors (Lipinski definition) is 5. The molecule has 19 heavy (non-hydrogen) atoms. The summed E-state index contributed by atoms with van der Waals surface area (Å²) in [4.78, 5) is 11.3. The Morgan fingerprint density at radius 1 is 1.42 bits per heavy atom. The molecular formula is C14H24N4O. The molecular weight excluding hydrogens is 240 g/mol. The maximum absolute atomic E-state index is 5.21. The summed E-state index contributed by atoms with van der Waals surface area (Å²) in [7, 11) is 1.77. The predicted octanol–water partition coefficient (Wildman–Crippen LogP) is 1.77. The topological polar surface area (TPSA) is 50.3 Å². The first-order chi connectivity index (χ1) is 9.31. The highest BCUT2D eigenvalue weighted by Crippen LogP contribution is 2.18. The fourth-order valence-corrected chi connectivity index (χ4v) is 2.44. The zero-order valence-electron chi connectivity index (χ0n) is 11.9. The maximum atomic E-state index is 5.21. The lowest BCUT2D eigenvalue weighted by molar-refractivity contribution is 0.152. The van der Waals surface area contributed by atoms with Crippen LogP contribution in [0.2, 0.25) is 0 Å². The first-order valence-corrected chi connectivity index (χ1v) is 7.08. The van der Waals surface area contributed by atoms with Gasteiger partial charge in [-0.15, -0.1) is 0 Å². The summed E-state index contributed by atoms with van der Waals surface area (Å²) in [6.45, 7) is 7.07. The molecule has 0 aromatic carbocycles. The van der Waals surface area contributed by atoms with Gasteiger partial charge in [0.2, 0.25) is 0 Å². The van der Waals surface area contributed by atoms with Crippen molar-refractivity contribution in [2.75, 3.05) is 38.7 Å². The van der Waals surface area contributed by atoms with Crippen molar-refractivity contribution in [2.24, 2.45) is 5.92 Å². The maximum Gasteiger partial charge on any atom is 0.144 e. The molecule has 1 aliphatic heterocycles. The van der Waals surface area contributed by atoms with Crippen LogP contribution in [-0.4, -0.2) is 48.2 Å². The largest absolute Gasteiger partial charge is 0.384 e. The molecule has 1 N–H and O–H groups in total. The van der Waals surface area contributed by atoms with Gasteiger partial charge < -0.3 is 10.1 Å². The lowest BCUT2D eigenvalue weighted by Gasteiger charge is -2.15. The van der Waals surface area contributed by atoms with Gasteiger partial charge in [0.1, 0.15) is 5.82 Å². The molecule has 0 bridgehead atoms. The van der Waals surface area contributed by atoms with Crippen LogP contribution in [0.3, 0.4) is 0 Å². The molecule has 0 saturated carbocycles. The van der Waals surface area contributed by atoms with E-state index in [4.69, 9.17) is 4.74 Å². The Morgan fingerprint density at radius 2 is 2.32 bits per heavy atom. The van der Waals surface area contributed by atoms with Gasteiger partial charge in [0.25, 0.3) is 0 Å². The number of hydrogen-bond donors (Lipinski definition) is 1. The normalized spacial score (nSPS) is 19.8. The van der Waals surface area contributed by atoms with Crippen molar-refractivity contribution >= 4 is 5.82 Å². The zero-order valence-corrected chi connectivity index (χ0v) is 11.9. The second-order valence-corrected chi connectivity index (χ2v) is 5.16. The van der Waals surface area contributed by atoms with E-state index in [1.807, 2.05) is 12.4 Å². The zero-order chi connectivity index (χ0) is 13.5. The van der Waals surface area contributed by atoms with Crippen LogP contribution in [0.4, 0.5) is 5.82 Å². The smallest absolute Gasteiger partial charge is 0.144 e. The minimum Gasteiger partial charge on any atom is -0.384 e. The third-order valence-electron chi connectivity index (χ3n) is 3.42. The van der Waals surface area contributed by atoms with E-state index in [-0.39, 0.29) is 0 Å². The van der Waals surface area contributed by atoms with Gasteiger partial charge in [0.15, 0.2) is 0 Å². The predicted molar refractivity (Wildman–Crippen MR) is 76.1 cm³/mol. The second-order valence-electron chi connectivity index (χ2n) is 5.16. The molecule has 1 unspecified atom stereocenters. The molecule has 1 saturated heterocycles. The quantitative estimate of drug-likeness (QED) is 0.813. The van der Waals surface area contributed by atoms with E-state index in [0.717, 1.165) is 50.7 Å². The Balaban J connectivity index is 1.80. The van der Waals surface area contributed by atoms with Gasteiger partial charge in [0.05, 0.1) is 24.7 Å². The van der Waals surface area contributed by atoms with Gasteiger partial charge in [-0.05, 0) is 25.3 Å². The Bertz CT molecular complexity index is 368. The summed E-state index contributed by atoms with van der Waals surface area (Å²) in [6.07, 6.45) is 6.02. The average Bonchev–Trinajstić information content (AvgIpc) is 2.86. The van der Waals surface area contributed by atoms with E-state index < -0.39 is 0 Å². The van der Waals surface area contributed by atoms with Crippen LogP contribution in [0.25, 0.3) is 0 Å². The van der Waals surface area contributed by atoms with Crippen molar-refractivity contribution in [1.82, 2.24) is 14.9 Å². The van der Waals surface area contributed by atoms with Crippen molar-refractivity contribution in [3.8, 4) is 0 Å². The SMILES string of the molecule is CCCNc1cnc(CN2CCC(COC)C2)cn1. The van der Waals surface area contributed by atoms with Crippen LogP contribution in [0.1, 0.15) is 25.5 Å². The Morgan fingerprint density at radius 3 is 3.00 bits per heavy atom. The summed E-state index contributed by atoms with van der Waals surface area (Å²) < 4.78 is 5.21. The van der Waals surface area contributed by atoms with Crippen molar-refractivity contribution in [2.45, 2.75) is 26.3 Å². The van der Waals surface area contributed by atoms with Crippen LogP contribution >= 0.6 is 0 Å². The van der Waals surface area contributed by atoms with Crippen molar-refractivity contribution < 1.29 is 4.74 Å². The summed E-state index contributed by atoms with van der Waals surface area (Å²) in [5.41, 5.74) is 1.04. The number of likely N-dealkylation sites (tertiary alicyclic amines) is 1. The van der Waals surface area contributed by atoms with E-state index in [9.17, 15) is 0 Å². The third kappa shape index (κ3) is 4.44. The fraction of sp³-hybridized carbons (Fsp3) is 0.714. The highest BCUT2D eigenvalue weighted by molar-refractivity contribution is 5.30. The molecule has 2 heterocycles. The summed E-state index contributed by atoms with van der Waals surface area (Å²) in [5.74, 6) is 1.53. The first-order valence-electron chi connectivity index (χ1n) is 7.08. The van der Waals surface area contributed by atoms with Gasteiger partial charge in [0, 0.05) is 26.7 Å². The van der Waals surface area contributed by atoms with Crippen LogP contribution in [0, 0.1) is 5.92 Å². The molecule has 1 fully saturated rings. The number of methoxy groups -OCH3 is 1. The van der Waals surface area contributed by atoms with Crippen LogP contribution < -0.4 is 5.32 Å². The molecule has 106 valence electrons. The van der Waals surface area contributed by atoms with Crippen LogP contribution in [0.15, 0.2) is 12.4 Å². The van der Waals surface area contributed by atoms with Gasteiger partial charge in [-0.1, -0.05) is 6.92 Å². The van der Waals surface area contributed by atoms with E-state index in [1.165, 1.54) is 6.42 Å². The van der Waals surface area contributed by atoms with Gasteiger partial charge in [-0.2, -0.15) is 0 Å². The fourth-order valence-electron chi connectivity index (χ4n) is 2.44. The van der Waals surface area contributed by atoms with Gasteiger partial charge in [-0.3, -0.25) is 9.88 Å². The standard InChI is InChI=1S/C14H24N4O/c1-3-5-15-14-8-16-13(7-17-14)10-18-6-4-12(9-18)11-19-2/h7-8,12H,3-6,9-11H2,1-2H3,(H,15,17). The molecule has 0 aliphatic carbocycles. The van der Waals surface area contributed by atoms with Crippen LogP contribution in [0.5, 0.6) is 0 Å². The summed E-state index contributed by atoms with van der Waals surface area (Å²) in [6, 6.07) is 0. The monoisotopic (exact) mass is 264 g/mol. The highest BCUT2D eigenvalue weighted by Gasteiger charge is 2.22. The lowest BCUT2D eigenvalue weighted by Crippen LogP contribution is -2.22. The number of aromatic nitrogens is 2. The molecule has 5 heteroatoms. The number of ether oxygens (including phenoxy) is 1. The van der Waals surface area contributed by atoms with Crippen molar-refractivity contribution in [3.05, 3.63) is 18.1 Å². The van der Waals surface area contributed by atoms with Crippen molar-refractivity contribution in [1.29, 1.82) is 0 Å². The van der Waals surface area contributed by atoms with E-state index >= 15 is 0 Å². The van der Waals surface area contributed by atoms with Gasteiger partial charge in [-0.25, -0.2) is 4.98 Å². The molecule has 5 nitrogen and oxygen atoms in total. The number of nitrogens with zero attached hydrogens (tertiary/aromatic N) is 3. The number of rotatable bonds is 7. The molecule has 1 aliphatic rings. The molecule has 0 radical (unpaired) electrons. The molecule has 0 spiro atoms. The Kier molecular flexibility index (Phi) is 5.54. The average molecular weight is 264 g/mol. The van der Waals surface area contributed by atoms with E-state index in [2.05, 4.69) is 27.1 Å². The first kappa shape index (κ1) is 14.2. The molecule has 1 aromatic heterocycles. The number of nitrogens with one attached hydrogen (secondary N) is 1. The van der Waals surface area contributed by atoms with E-state index in [1.54, 1.807) is 7.11 Å². The lowest BCUT2D eigenvalue weighted by atomic mass is 10.1. The molecule has 2 rings (SSSR count). The molecule has 0 amide bonds. The summed E-state index contributed by atoms with van der Waals surface area (Å²) >= 11 is 0. The van der Waals surface area contributed by atoms with E-state index in [0.29, 0.717) is 5.92 Å². The molecule has 1 aromatic rings.